The lowest BCUT2D eigenvalue weighted by Crippen LogP contribution is -2.43. The van der Waals surface area contributed by atoms with E-state index in [0.717, 1.165) is 15.7 Å². The van der Waals surface area contributed by atoms with E-state index in [1.807, 2.05) is 0 Å². The number of aromatic nitrogens is 1. The van der Waals surface area contributed by atoms with E-state index in [-0.39, 0.29) is 31.1 Å². The van der Waals surface area contributed by atoms with Gasteiger partial charge >= 0.3 is 7.82 Å². The van der Waals surface area contributed by atoms with E-state index in [1.54, 1.807) is 0 Å². The molecule has 4 rings (SSSR count). The van der Waals surface area contributed by atoms with E-state index in [4.69, 9.17) is 14.5 Å². The third-order valence-electron chi connectivity index (χ3n) is 5.75. The van der Waals surface area contributed by atoms with E-state index in [2.05, 4.69) is 14.6 Å². The zero-order valence-corrected chi connectivity index (χ0v) is 20.6. The summed E-state index contributed by atoms with van der Waals surface area (Å²) in [6, 6.07) is 0.278. The Bertz CT molecular complexity index is 1400. The Hall–Kier alpha value is -2.95. The fourth-order valence-electron chi connectivity index (χ4n) is 4.05. The molecule has 2 amide bonds. The number of hydrogen-bond donors (Lipinski definition) is 4. The minimum atomic E-state index is -4.90. The van der Waals surface area contributed by atoms with Gasteiger partial charge in [-0.25, -0.2) is 30.9 Å². The standard InChI is InChI=1S/C19H20F3N4O9PS/c1-25-6-14-18(17(25)19(28)23-10-2-11(20)16(22)12(21)3-10)34-7-9-4-26(5-13(9)24-37(14,32)33)15(27)8-35-36(29,30)31/h2-3,6,9,13,24H,4-5,7-8H2,1H3,(H,23,28)(H2,29,30,31). The summed E-state index contributed by atoms with van der Waals surface area (Å²) in [5, 5.41) is 2.17. The highest BCUT2D eigenvalue weighted by Gasteiger charge is 2.42. The van der Waals surface area contributed by atoms with Crippen LogP contribution < -0.4 is 14.8 Å². The molecule has 0 spiro atoms. The molecule has 3 heterocycles. The van der Waals surface area contributed by atoms with Crippen LogP contribution in [0.15, 0.2) is 23.2 Å². The quantitative estimate of drug-likeness (QED) is 0.292. The molecule has 18 heteroatoms. The molecule has 2 aliphatic heterocycles. The highest BCUT2D eigenvalue weighted by Crippen LogP contribution is 2.37. The predicted molar refractivity (Wildman–Crippen MR) is 117 cm³/mol. The maximum atomic E-state index is 13.5. The van der Waals surface area contributed by atoms with Crippen LogP contribution in [-0.2, 0) is 31.0 Å². The maximum absolute atomic E-state index is 13.5. The number of carbonyl (C=O) groups is 2. The molecular formula is C19H20F3N4O9PS. The summed E-state index contributed by atoms with van der Waals surface area (Å²) in [4.78, 5) is 43.5. The van der Waals surface area contributed by atoms with Crippen LogP contribution in [0.2, 0.25) is 0 Å². The zero-order chi connectivity index (χ0) is 27.3. The second kappa shape index (κ2) is 9.74. The van der Waals surface area contributed by atoms with E-state index in [1.165, 1.54) is 7.05 Å². The molecule has 0 saturated carbocycles. The highest BCUT2D eigenvalue weighted by molar-refractivity contribution is 7.89. The summed E-state index contributed by atoms with van der Waals surface area (Å²) >= 11 is 0. The van der Waals surface area contributed by atoms with Crippen molar-refractivity contribution in [3.05, 3.63) is 41.5 Å². The van der Waals surface area contributed by atoms with Gasteiger partial charge < -0.3 is 29.3 Å². The van der Waals surface area contributed by atoms with Crippen molar-refractivity contribution in [2.75, 3.05) is 31.6 Å². The lowest BCUT2D eigenvalue weighted by Gasteiger charge is -2.23. The average Bonchev–Trinajstić information content (AvgIpc) is 3.33. The molecule has 1 saturated heterocycles. The van der Waals surface area contributed by atoms with Gasteiger partial charge in [0.2, 0.25) is 15.9 Å². The van der Waals surface area contributed by atoms with Gasteiger partial charge in [0.15, 0.2) is 28.9 Å². The van der Waals surface area contributed by atoms with Crippen molar-refractivity contribution >= 4 is 35.3 Å². The molecule has 0 aliphatic carbocycles. The number of likely N-dealkylation sites (tertiary alicyclic amines) is 1. The van der Waals surface area contributed by atoms with Crippen LogP contribution in [0.4, 0.5) is 18.9 Å². The smallest absolute Gasteiger partial charge is 0.470 e. The second-order valence-electron chi connectivity index (χ2n) is 8.35. The van der Waals surface area contributed by atoms with Gasteiger partial charge in [-0.15, -0.1) is 0 Å². The lowest BCUT2D eigenvalue weighted by atomic mass is 10.1. The van der Waals surface area contributed by atoms with Crippen LogP contribution in [0.25, 0.3) is 0 Å². The molecule has 1 fully saturated rings. The second-order valence-corrected chi connectivity index (χ2v) is 11.3. The van der Waals surface area contributed by atoms with E-state index in [9.17, 15) is 35.7 Å². The summed E-state index contributed by atoms with van der Waals surface area (Å²) in [5.41, 5.74) is -0.740. The molecule has 0 bridgehead atoms. The maximum Gasteiger partial charge on any atom is 0.470 e. The molecule has 0 radical (unpaired) electrons. The largest absolute Gasteiger partial charge is 0.489 e. The summed E-state index contributed by atoms with van der Waals surface area (Å²) in [6.45, 7) is -1.27. The molecule has 13 nitrogen and oxygen atoms in total. The first-order valence-corrected chi connectivity index (χ1v) is 13.5. The number of carbonyl (C=O) groups excluding carboxylic acids is 2. The third kappa shape index (κ3) is 5.66. The Morgan fingerprint density at radius 2 is 1.89 bits per heavy atom. The van der Waals surface area contributed by atoms with Crippen LogP contribution in [0.3, 0.4) is 0 Å². The Labute approximate surface area is 207 Å². The number of phosphoric acid groups is 1. The molecule has 2 atom stereocenters. The van der Waals surface area contributed by atoms with Crippen molar-refractivity contribution in [1.82, 2.24) is 14.2 Å². The average molecular weight is 568 g/mol. The highest BCUT2D eigenvalue weighted by atomic mass is 32.2. The summed E-state index contributed by atoms with van der Waals surface area (Å²) < 4.78 is 90.8. The van der Waals surface area contributed by atoms with Gasteiger partial charge in [0, 0.05) is 56.1 Å². The van der Waals surface area contributed by atoms with E-state index in [0.29, 0.717) is 12.1 Å². The predicted octanol–water partition coefficient (Wildman–Crippen LogP) is 0.302. The van der Waals surface area contributed by atoms with Crippen molar-refractivity contribution < 1.29 is 54.8 Å². The number of amides is 2. The Morgan fingerprint density at radius 3 is 2.51 bits per heavy atom. The number of aryl methyl sites for hydroxylation is 1. The summed E-state index contributed by atoms with van der Waals surface area (Å²) in [5.74, 6) is -7.57. The number of benzene rings is 1. The first kappa shape index (κ1) is 27.1. The lowest BCUT2D eigenvalue weighted by molar-refractivity contribution is -0.133. The number of rotatable bonds is 5. The normalized spacial score (nSPS) is 20.9. The minimum absolute atomic E-state index is 0.0473. The first-order chi connectivity index (χ1) is 17.2. The molecule has 2 unspecified atom stereocenters. The van der Waals surface area contributed by atoms with Gasteiger partial charge in [-0.3, -0.25) is 14.1 Å². The Balaban J connectivity index is 1.57. The van der Waals surface area contributed by atoms with Crippen LogP contribution >= 0.6 is 7.82 Å². The van der Waals surface area contributed by atoms with Crippen LogP contribution in [0.1, 0.15) is 10.5 Å². The van der Waals surface area contributed by atoms with Crippen LogP contribution in [0.5, 0.6) is 5.75 Å². The molecular weight excluding hydrogens is 548 g/mol. The van der Waals surface area contributed by atoms with Gasteiger partial charge in [-0.05, 0) is 0 Å². The van der Waals surface area contributed by atoms with Gasteiger partial charge in [0.1, 0.15) is 11.5 Å². The van der Waals surface area contributed by atoms with Gasteiger partial charge in [-0.2, -0.15) is 0 Å². The number of nitrogens with zero attached hydrogens (tertiary/aromatic N) is 2. The third-order valence-corrected chi connectivity index (χ3v) is 7.70. The number of sulfonamides is 1. The van der Waals surface area contributed by atoms with Crippen molar-refractivity contribution in [2.45, 2.75) is 10.9 Å². The molecule has 202 valence electrons. The van der Waals surface area contributed by atoms with Crippen LogP contribution in [0, 0.1) is 23.4 Å². The van der Waals surface area contributed by atoms with Crippen molar-refractivity contribution in [3.63, 3.8) is 0 Å². The molecule has 2 aliphatic rings. The number of hydrogen-bond acceptors (Lipinski definition) is 7. The topological polar surface area (TPSA) is 176 Å². The number of anilines is 1. The molecule has 37 heavy (non-hydrogen) atoms. The Kier molecular flexibility index (Phi) is 7.13. The fraction of sp³-hybridized carbons (Fsp3) is 0.368. The fourth-order valence-corrected chi connectivity index (χ4v) is 5.82. The SMILES string of the molecule is Cn1cc2c(c1C(=O)Nc1cc(F)c(F)c(F)c1)OCC1CN(C(=O)COP(=O)(O)O)CC1NS2(=O)=O. The number of nitrogens with one attached hydrogen (secondary N) is 2. The van der Waals surface area contributed by atoms with Gasteiger partial charge in [0.05, 0.1) is 6.61 Å². The number of ether oxygens (including phenoxy) is 1. The van der Waals surface area contributed by atoms with Gasteiger partial charge in [-0.1, -0.05) is 0 Å². The number of halogens is 3. The van der Waals surface area contributed by atoms with E-state index < -0.39 is 76.3 Å². The summed E-state index contributed by atoms with van der Waals surface area (Å²) in [7, 11) is -7.86. The van der Waals surface area contributed by atoms with Crippen molar-refractivity contribution in [1.29, 1.82) is 0 Å². The van der Waals surface area contributed by atoms with Crippen LogP contribution in [-0.4, -0.2) is 71.8 Å². The van der Waals surface area contributed by atoms with Crippen molar-refractivity contribution in [3.8, 4) is 5.75 Å². The molecule has 1 aromatic carbocycles. The minimum Gasteiger partial charge on any atom is -0.489 e. The Morgan fingerprint density at radius 1 is 1.24 bits per heavy atom. The number of phosphoric ester groups is 1. The van der Waals surface area contributed by atoms with E-state index >= 15 is 0 Å². The monoisotopic (exact) mass is 568 g/mol. The molecule has 1 aromatic heterocycles. The van der Waals surface area contributed by atoms with Gasteiger partial charge in [0.25, 0.3) is 5.91 Å². The first-order valence-electron chi connectivity index (χ1n) is 10.4. The molecule has 2 aromatic rings. The zero-order valence-electron chi connectivity index (χ0n) is 18.9. The van der Waals surface area contributed by atoms with Crippen molar-refractivity contribution in [2.24, 2.45) is 13.0 Å². The summed E-state index contributed by atoms with van der Waals surface area (Å²) in [6.07, 6.45) is 1.09. The number of fused-ring (bicyclic) bond motifs is 2. The molecule has 4 N–H and O–H groups in total.